The number of hydrogen-bond donors (Lipinski definition) is 3. The number of carboxylic acids is 1. The number of nitrogens with two attached hydrogens (primary N) is 1. The first-order valence-electron chi connectivity index (χ1n) is 19.0. The van der Waals surface area contributed by atoms with Crippen molar-refractivity contribution in [3.05, 3.63) is 143 Å². The number of carbonyl (C=O) groups is 3. The average Bonchev–Trinajstić information content (AvgIpc) is 3.74. The second-order valence-corrected chi connectivity index (χ2v) is 16.3. The molecule has 0 unspecified atom stereocenters. The van der Waals surface area contributed by atoms with Crippen molar-refractivity contribution in [1.29, 1.82) is 0 Å². The summed E-state index contributed by atoms with van der Waals surface area (Å²) in [6.45, 7) is 7.00. The molecule has 1 heterocycles. The van der Waals surface area contributed by atoms with Gasteiger partial charge >= 0.3 is 12.1 Å². The van der Waals surface area contributed by atoms with Gasteiger partial charge in [-0.15, -0.1) is 11.8 Å². The van der Waals surface area contributed by atoms with Gasteiger partial charge in [-0.3, -0.25) is 9.59 Å². The number of ether oxygens (including phenoxy) is 1. The summed E-state index contributed by atoms with van der Waals surface area (Å²) in [7, 11) is 0. The van der Waals surface area contributed by atoms with E-state index in [0.717, 1.165) is 57.8 Å². The number of nitrogens with zero attached hydrogens (tertiary/aromatic N) is 2. The van der Waals surface area contributed by atoms with Gasteiger partial charge in [0.05, 0.1) is 11.8 Å². The minimum Gasteiger partial charge on any atom is -0.480 e. The van der Waals surface area contributed by atoms with Crippen LogP contribution in [-0.4, -0.2) is 69.8 Å². The Morgan fingerprint density at radius 1 is 0.912 bits per heavy atom. The first-order valence-corrected chi connectivity index (χ1v) is 20.1. The zero-order chi connectivity index (χ0) is 40.7. The monoisotopic (exact) mass is 794 g/mol. The summed E-state index contributed by atoms with van der Waals surface area (Å²) in [5.74, 6) is -2.67. The number of thioether (sulfide) groups is 1. The van der Waals surface area contributed by atoms with Crippen molar-refractivity contribution in [3.63, 3.8) is 0 Å². The van der Waals surface area contributed by atoms with E-state index >= 15 is 4.39 Å². The summed E-state index contributed by atoms with van der Waals surface area (Å²) >= 11 is 1.13. The predicted octanol–water partition coefficient (Wildman–Crippen LogP) is 8.47. The molecule has 2 atom stereocenters. The molecule has 298 valence electrons. The van der Waals surface area contributed by atoms with E-state index in [1.165, 1.54) is 0 Å². The van der Waals surface area contributed by atoms with Crippen LogP contribution < -0.4 is 11.1 Å². The van der Waals surface area contributed by atoms with E-state index in [2.05, 4.69) is 29.6 Å². The third-order valence-electron chi connectivity index (χ3n) is 10.1. The average molecular weight is 795 g/mol. The van der Waals surface area contributed by atoms with Crippen molar-refractivity contribution in [2.24, 2.45) is 11.1 Å². The molecule has 0 aliphatic heterocycles. The first-order chi connectivity index (χ1) is 27.3. The summed E-state index contributed by atoms with van der Waals surface area (Å²) in [5, 5.41) is 12.2. The molecular formula is C45H48F2N4O5S. The summed E-state index contributed by atoms with van der Waals surface area (Å²) in [6.07, 6.45) is 1.58. The van der Waals surface area contributed by atoms with E-state index in [4.69, 9.17) is 10.5 Å². The maximum atomic E-state index is 15.2. The Labute approximate surface area is 336 Å². The Balaban J connectivity index is 1.23. The fraction of sp³-hybridized carbons (Fsp3) is 0.311. The maximum Gasteiger partial charge on any atom is 0.407 e. The lowest BCUT2D eigenvalue weighted by Gasteiger charge is -2.41. The number of hydrogen-bond acceptors (Lipinski definition) is 6. The number of nitrogens with one attached hydrogen (secondary N) is 1. The van der Waals surface area contributed by atoms with Crippen LogP contribution >= 0.6 is 11.8 Å². The van der Waals surface area contributed by atoms with Crippen molar-refractivity contribution in [2.45, 2.75) is 51.7 Å². The van der Waals surface area contributed by atoms with Gasteiger partial charge in [0.15, 0.2) is 0 Å². The molecule has 0 bridgehead atoms. The summed E-state index contributed by atoms with van der Waals surface area (Å²) < 4.78 is 37.4. The van der Waals surface area contributed by atoms with E-state index in [9.17, 15) is 23.9 Å². The normalized spacial score (nSPS) is 13.4. The summed E-state index contributed by atoms with van der Waals surface area (Å²) in [5.41, 5.74) is 11.9. The Hall–Kier alpha value is -5.46. The van der Waals surface area contributed by atoms with Gasteiger partial charge in [0.25, 0.3) is 0 Å². The van der Waals surface area contributed by atoms with Gasteiger partial charge in [-0.25, -0.2) is 13.6 Å². The van der Waals surface area contributed by atoms with Crippen molar-refractivity contribution in [1.82, 2.24) is 14.8 Å². The van der Waals surface area contributed by atoms with Crippen molar-refractivity contribution in [2.75, 3.05) is 31.2 Å². The van der Waals surface area contributed by atoms with E-state index in [1.54, 1.807) is 17.2 Å². The number of benzene rings is 4. The molecule has 12 heteroatoms. The van der Waals surface area contributed by atoms with Crippen LogP contribution in [0.4, 0.5) is 13.6 Å². The molecule has 0 radical (unpaired) electrons. The molecule has 1 aliphatic carbocycles. The van der Waals surface area contributed by atoms with Crippen LogP contribution in [0, 0.1) is 17.0 Å². The highest BCUT2D eigenvalue weighted by atomic mass is 32.2. The standard InChI is InChI=1S/C45H48F2N4O5S/c1-45(2,3)42(40-22-30(36-23-31(46)18-19-38(36)47)25-50(40)24-29-12-5-4-6-13-29)51(41(52)28-57-27-39(48)43(53)54)21-11-20-49-44(55)56-26-37-34-16-9-7-14-32(34)33-15-8-10-17-35(33)37/h4-10,12-19,22-23,25,37,39,42H,11,20-21,24,26-28,48H2,1-3H3,(H,49,55)(H,53,54)/t39-,42-/m0/s1. The van der Waals surface area contributed by atoms with Crippen molar-refractivity contribution < 1.29 is 33.0 Å². The topological polar surface area (TPSA) is 127 Å². The molecule has 0 fully saturated rings. The third kappa shape index (κ3) is 9.92. The smallest absolute Gasteiger partial charge is 0.407 e. The molecule has 0 saturated carbocycles. The van der Waals surface area contributed by atoms with Gasteiger partial charge < -0.3 is 30.4 Å². The molecule has 6 rings (SSSR count). The lowest BCUT2D eigenvalue weighted by atomic mass is 9.83. The van der Waals surface area contributed by atoms with E-state index < -0.39 is 41.2 Å². The third-order valence-corrected chi connectivity index (χ3v) is 11.2. The molecule has 1 aromatic heterocycles. The number of halogens is 2. The van der Waals surface area contributed by atoms with E-state index in [1.807, 2.05) is 79.9 Å². The number of carbonyl (C=O) groups excluding carboxylic acids is 2. The fourth-order valence-corrected chi connectivity index (χ4v) is 8.38. The van der Waals surface area contributed by atoms with Crippen LogP contribution in [0.2, 0.25) is 0 Å². The minimum absolute atomic E-state index is 0.0335. The van der Waals surface area contributed by atoms with Gasteiger partial charge in [0.2, 0.25) is 5.91 Å². The Morgan fingerprint density at radius 2 is 1.56 bits per heavy atom. The highest BCUT2D eigenvalue weighted by Crippen LogP contribution is 2.45. The van der Waals surface area contributed by atoms with Crippen LogP contribution in [-0.2, 0) is 20.9 Å². The maximum absolute atomic E-state index is 15.2. The molecule has 5 aromatic rings. The number of carboxylic acid groups (broad SMARTS) is 1. The molecule has 4 aromatic carbocycles. The molecular weight excluding hydrogens is 747 g/mol. The Morgan fingerprint density at radius 3 is 2.21 bits per heavy atom. The van der Waals surface area contributed by atoms with Crippen LogP contribution in [0.1, 0.15) is 61.5 Å². The number of rotatable bonds is 16. The summed E-state index contributed by atoms with van der Waals surface area (Å²) in [6, 6.07) is 29.3. The van der Waals surface area contributed by atoms with Crippen LogP contribution in [0.15, 0.2) is 109 Å². The number of alkyl carbamates (subject to hydrolysis) is 1. The molecule has 4 N–H and O–H groups in total. The molecule has 0 spiro atoms. The quantitative estimate of drug-likeness (QED) is 0.0856. The van der Waals surface area contributed by atoms with Crippen molar-refractivity contribution in [3.8, 4) is 22.3 Å². The van der Waals surface area contributed by atoms with Crippen LogP contribution in [0.5, 0.6) is 0 Å². The first kappa shape index (κ1) is 41.2. The molecule has 57 heavy (non-hydrogen) atoms. The minimum atomic E-state index is -1.16. The van der Waals surface area contributed by atoms with Gasteiger partial charge in [0, 0.05) is 54.3 Å². The van der Waals surface area contributed by atoms with Gasteiger partial charge in [-0.1, -0.05) is 99.6 Å². The number of amides is 2. The number of fused-ring (bicyclic) bond motifs is 3. The number of aromatic nitrogens is 1. The van der Waals surface area contributed by atoms with Crippen LogP contribution in [0.3, 0.4) is 0 Å². The van der Waals surface area contributed by atoms with Crippen molar-refractivity contribution >= 4 is 29.7 Å². The SMILES string of the molecule is CC(C)(C)[C@H](c1cc(-c2cc(F)ccc2F)cn1Cc1ccccc1)N(CCCNC(=O)OCC1c2ccccc2-c2ccccc21)C(=O)CSC[C@H](N)C(=O)O. The second-order valence-electron chi connectivity index (χ2n) is 15.3. The predicted molar refractivity (Wildman–Crippen MR) is 220 cm³/mol. The summed E-state index contributed by atoms with van der Waals surface area (Å²) in [4.78, 5) is 40.5. The zero-order valence-electron chi connectivity index (χ0n) is 32.3. The van der Waals surface area contributed by atoms with E-state index in [-0.39, 0.29) is 48.6 Å². The number of aliphatic carboxylic acids is 1. The van der Waals surface area contributed by atoms with Gasteiger partial charge in [0.1, 0.15) is 24.3 Å². The van der Waals surface area contributed by atoms with Crippen LogP contribution in [0.25, 0.3) is 22.3 Å². The highest BCUT2D eigenvalue weighted by Gasteiger charge is 2.37. The van der Waals surface area contributed by atoms with Gasteiger partial charge in [-0.2, -0.15) is 0 Å². The van der Waals surface area contributed by atoms with E-state index in [0.29, 0.717) is 24.2 Å². The fourth-order valence-electron chi connectivity index (χ4n) is 7.53. The lowest BCUT2D eigenvalue weighted by molar-refractivity contribution is -0.138. The molecule has 9 nitrogen and oxygen atoms in total. The zero-order valence-corrected chi connectivity index (χ0v) is 33.1. The van der Waals surface area contributed by atoms with Gasteiger partial charge in [-0.05, 0) is 63.9 Å². The highest BCUT2D eigenvalue weighted by molar-refractivity contribution is 8.00. The molecule has 0 saturated heterocycles. The Bertz CT molecular complexity index is 2160. The second kappa shape index (κ2) is 18.2. The Kier molecular flexibility index (Phi) is 13.2. The molecule has 1 aliphatic rings. The largest absolute Gasteiger partial charge is 0.480 e. The molecule has 2 amide bonds. The lowest BCUT2D eigenvalue weighted by Crippen LogP contribution is -2.44.